The maximum absolute atomic E-state index is 14.2. The first-order valence-electron chi connectivity index (χ1n) is 11.6. The molecule has 3 N–H and O–H groups in total. The molecule has 1 atom stereocenters. The molecule has 2 aromatic heterocycles. The van der Waals surface area contributed by atoms with Gasteiger partial charge in [0.2, 0.25) is 0 Å². The molecule has 0 amide bonds. The predicted octanol–water partition coefficient (Wildman–Crippen LogP) is 5.58. The second-order valence-electron chi connectivity index (χ2n) is 9.43. The molecule has 2 aliphatic rings. The zero-order valence-corrected chi connectivity index (χ0v) is 19.5. The van der Waals surface area contributed by atoms with E-state index in [4.69, 9.17) is 14.8 Å². The first-order valence-corrected chi connectivity index (χ1v) is 11.6. The van der Waals surface area contributed by atoms with E-state index < -0.39 is 28.9 Å². The molecule has 0 bridgehead atoms. The number of nitrogens with two attached hydrogens (primary N) is 1. The molecule has 36 heavy (non-hydrogen) atoms. The van der Waals surface area contributed by atoms with Crippen LogP contribution in [0.5, 0.6) is 0 Å². The number of hydrogen-bond acceptors (Lipinski definition) is 6. The number of rotatable bonds is 6. The second kappa shape index (κ2) is 8.77. The second-order valence-corrected chi connectivity index (χ2v) is 9.43. The Kier molecular flexibility index (Phi) is 5.86. The molecule has 0 radical (unpaired) electrons. The van der Waals surface area contributed by atoms with Gasteiger partial charge in [-0.05, 0) is 56.6 Å². The number of carbonyl (C=O) groups is 1. The Labute approximate surface area is 204 Å². The molecule has 0 saturated heterocycles. The number of halogens is 3. The van der Waals surface area contributed by atoms with Crippen LogP contribution in [0.1, 0.15) is 54.2 Å². The molecule has 3 aromatic rings. The Morgan fingerprint density at radius 2 is 1.86 bits per heavy atom. The number of aromatic nitrogens is 2. The Balaban J connectivity index is 1.49. The van der Waals surface area contributed by atoms with Crippen LogP contribution in [-0.4, -0.2) is 26.9 Å². The van der Waals surface area contributed by atoms with E-state index in [2.05, 4.69) is 10.3 Å². The molecular formula is C26H24F3N3O4. The van der Waals surface area contributed by atoms with E-state index in [0.717, 1.165) is 23.1 Å². The molecule has 0 unspecified atom stereocenters. The number of allylic oxidation sites excluding steroid dienone is 4. The van der Waals surface area contributed by atoms with Gasteiger partial charge in [-0.1, -0.05) is 46.7 Å². The minimum Gasteiger partial charge on any atom is -0.480 e. The monoisotopic (exact) mass is 499 g/mol. The summed E-state index contributed by atoms with van der Waals surface area (Å²) in [5.74, 6) is -1.43. The van der Waals surface area contributed by atoms with Gasteiger partial charge in [0.05, 0.1) is 0 Å². The van der Waals surface area contributed by atoms with Crippen LogP contribution in [0.3, 0.4) is 0 Å². The number of carboxylic acid groups (broad SMARTS) is 1. The number of benzene rings is 1. The number of hydrogen-bond donors (Lipinski definition) is 2. The Bertz CT molecular complexity index is 1400. The fourth-order valence-corrected chi connectivity index (χ4v) is 4.64. The smallest absolute Gasteiger partial charge is 0.422 e. The predicted molar refractivity (Wildman–Crippen MR) is 125 cm³/mol. The van der Waals surface area contributed by atoms with Crippen LogP contribution in [0.15, 0.2) is 45.5 Å². The van der Waals surface area contributed by atoms with E-state index in [0.29, 0.717) is 42.5 Å². The van der Waals surface area contributed by atoms with E-state index in [1.165, 1.54) is 6.92 Å². The third-order valence-electron chi connectivity index (χ3n) is 6.73. The third kappa shape index (κ3) is 4.26. The average molecular weight is 499 g/mol. The summed E-state index contributed by atoms with van der Waals surface area (Å²) in [7, 11) is 0. The number of aliphatic carboxylic acids is 1. The van der Waals surface area contributed by atoms with Crippen molar-refractivity contribution in [3.8, 4) is 22.7 Å². The third-order valence-corrected chi connectivity index (χ3v) is 6.73. The first-order chi connectivity index (χ1) is 17.1. The molecule has 2 heterocycles. The highest BCUT2D eigenvalue weighted by Gasteiger charge is 2.43. The Morgan fingerprint density at radius 3 is 2.56 bits per heavy atom. The highest BCUT2D eigenvalue weighted by molar-refractivity contribution is 5.81. The van der Waals surface area contributed by atoms with Crippen LogP contribution < -0.4 is 5.73 Å². The van der Waals surface area contributed by atoms with Gasteiger partial charge in [-0.15, -0.1) is 0 Å². The highest BCUT2D eigenvalue weighted by Crippen LogP contribution is 2.46. The standard InChI is InChI=1S/C26H24F3N3O4/c1-25(30,24(33)34)12-11-14-7-9-17-16(13-14)8-10-18-20(17)31-36-23(18)21-19(26(27,28)29)22(35-32-21)15-5-3-2-4-6-15/h3,5-7,9,13H,2,4,8,10-12,30H2,1H3,(H,33,34)/t25-/m0/s1. The molecule has 1 aromatic carbocycles. The normalized spacial score (nSPS) is 16.8. The highest BCUT2D eigenvalue weighted by atomic mass is 19.4. The molecule has 0 spiro atoms. The SMILES string of the molecule is C[C@](N)(CCc1ccc2c(c1)CCc1c-2noc1-c1noc(C2=CCCC=C2)c1C(F)(F)F)C(=O)O. The lowest BCUT2D eigenvalue weighted by molar-refractivity contribution is -0.143. The summed E-state index contributed by atoms with van der Waals surface area (Å²) in [5, 5.41) is 17.1. The van der Waals surface area contributed by atoms with Gasteiger partial charge in [0.1, 0.15) is 16.8 Å². The molecular weight excluding hydrogens is 475 g/mol. The van der Waals surface area contributed by atoms with E-state index in [-0.39, 0.29) is 17.9 Å². The summed E-state index contributed by atoms with van der Waals surface area (Å²) in [6.07, 6.45) is 3.50. The molecule has 10 heteroatoms. The van der Waals surface area contributed by atoms with E-state index in [1.807, 2.05) is 18.2 Å². The summed E-state index contributed by atoms with van der Waals surface area (Å²) in [4.78, 5) is 11.3. The molecule has 0 fully saturated rings. The minimum absolute atomic E-state index is 0.0391. The fourth-order valence-electron chi connectivity index (χ4n) is 4.64. The van der Waals surface area contributed by atoms with Crippen LogP contribution in [0.4, 0.5) is 13.2 Å². The average Bonchev–Trinajstić information content (AvgIpc) is 3.47. The largest absolute Gasteiger partial charge is 0.480 e. The molecule has 2 aliphatic carbocycles. The number of fused-ring (bicyclic) bond motifs is 3. The van der Waals surface area contributed by atoms with Crippen molar-refractivity contribution in [2.75, 3.05) is 0 Å². The van der Waals surface area contributed by atoms with Crippen LogP contribution in [0, 0.1) is 0 Å². The summed E-state index contributed by atoms with van der Waals surface area (Å²) < 4.78 is 53.1. The van der Waals surface area contributed by atoms with Crippen molar-refractivity contribution in [3.05, 3.63) is 64.4 Å². The number of alkyl halides is 3. The minimum atomic E-state index is -4.70. The summed E-state index contributed by atoms with van der Waals surface area (Å²) in [6.45, 7) is 1.47. The van der Waals surface area contributed by atoms with Crippen molar-refractivity contribution in [1.29, 1.82) is 0 Å². The molecule has 188 valence electrons. The van der Waals surface area contributed by atoms with Gasteiger partial charge in [-0.25, -0.2) is 0 Å². The molecule has 7 nitrogen and oxygen atoms in total. The topological polar surface area (TPSA) is 115 Å². The number of nitrogens with zero attached hydrogens (tertiary/aromatic N) is 2. The van der Waals surface area contributed by atoms with E-state index >= 15 is 0 Å². The molecule has 5 rings (SSSR count). The van der Waals surface area contributed by atoms with Crippen molar-refractivity contribution in [3.63, 3.8) is 0 Å². The van der Waals surface area contributed by atoms with Crippen molar-refractivity contribution >= 4 is 11.5 Å². The lowest BCUT2D eigenvalue weighted by atomic mass is 9.86. The molecule has 0 aliphatic heterocycles. The quantitative estimate of drug-likeness (QED) is 0.455. The fraction of sp³-hybridized carbons (Fsp3) is 0.346. The van der Waals surface area contributed by atoms with Crippen molar-refractivity contribution in [2.24, 2.45) is 5.73 Å². The van der Waals surface area contributed by atoms with E-state index in [9.17, 15) is 23.1 Å². The van der Waals surface area contributed by atoms with Gasteiger partial charge < -0.3 is 19.9 Å². The van der Waals surface area contributed by atoms with Crippen LogP contribution in [0.2, 0.25) is 0 Å². The van der Waals surface area contributed by atoms with Gasteiger partial charge in [0, 0.05) is 16.7 Å². The maximum atomic E-state index is 14.2. The zero-order chi connectivity index (χ0) is 25.7. The zero-order valence-electron chi connectivity index (χ0n) is 19.5. The van der Waals surface area contributed by atoms with Gasteiger partial charge in [-0.3, -0.25) is 4.79 Å². The molecule has 0 saturated carbocycles. The Morgan fingerprint density at radius 1 is 1.11 bits per heavy atom. The van der Waals surface area contributed by atoms with Gasteiger partial charge in [0.15, 0.2) is 17.2 Å². The Hall–Kier alpha value is -3.66. The maximum Gasteiger partial charge on any atom is 0.422 e. The van der Waals surface area contributed by atoms with Crippen molar-refractivity contribution in [1.82, 2.24) is 10.3 Å². The van der Waals surface area contributed by atoms with Gasteiger partial charge >= 0.3 is 12.1 Å². The number of aryl methyl sites for hydroxylation is 2. The first kappa shape index (κ1) is 24.1. The van der Waals surface area contributed by atoms with Crippen LogP contribution in [0.25, 0.3) is 28.3 Å². The summed E-state index contributed by atoms with van der Waals surface area (Å²) in [5.41, 5.74) is 7.15. The van der Waals surface area contributed by atoms with Gasteiger partial charge in [-0.2, -0.15) is 13.2 Å². The van der Waals surface area contributed by atoms with Gasteiger partial charge in [0.25, 0.3) is 0 Å². The van der Waals surface area contributed by atoms with Crippen molar-refractivity contribution in [2.45, 2.75) is 57.2 Å². The van der Waals surface area contributed by atoms with Crippen molar-refractivity contribution < 1.29 is 32.1 Å². The summed E-state index contributed by atoms with van der Waals surface area (Å²) in [6, 6.07) is 5.64. The van der Waals surface area contributed by atoms with Crippen LogP contribution >= 0.6 is 0 Å². The van der Waals surface area contributed by atoms with Crippen LogP contribution in [-0.2, 0) is 30.2 Å². The van der Waals surface area contributed by atoms with E-state index in [1.54, 1.807) is 18.2 Å². The summed E-state index contributed by atoms with van der Waals surface area (Å²) >= 11 is 0. The lowest BCUT2D eigenvalue weighted by Crippen LogP contribution is -2.45. The lowest BCUT2D eigenvalue weighted by Gasteiger charge is -2.20. The number of carboxylic acids is 1.